The normalized spacial score (nSPS) is 21.1. The first-order valence-electron chi connectivity index (χ1n) is 4.36. The van der Waals surface area contributed by atoms with E-state index in [1.165, 1.54) is 12.5 Å². The Kier molecular flexibility index (Phi) is 3.84. The highest BCUT2D eigenvalue weighted by Crippen LogP contribution is 2.15. The fourth-order valence-corrected chi connectivity index (χ4v) is 1.20. The monoisotopic (exact) mass is 176 g/mol. The van der Waals surface area contributed by atoms with Crippen molar-refractivity contribution in [2.24, 2.45) is 5.92 Å². The number of aliphatic carboxylic acids is 1. The van der Waals surface area contributed by atoms with E-state index in [9.17, 15) is 4.79 Å². The molecule has 1 aliphatic rings. The third-order valence-electron chi connectivity index (χ3n) is 1.83. The van der Waals surface area contributed by atoms with Crippen LogP contribution in [0.1, 0.15) is 19.3 Å². The van der Waals surface area contributed by atoms with Crippen molar-refractivity contribution in [2.75, 3.05) is 0 Å². The van der Waals surface area contributed by atoms with Crippen LogP contribution in [0.4, 0.5) is 0 Å². The third-order valence-corrected chi connectivity index (χ3v) is 1.83. The molecule has 2 heteroatoms. The summed E-state index contributed by atoms with van der Waals surface area (Å²) in [5.74, 6) is 5.08. The average Bonchev–Trinajstić information content (AvgIpc) is 2.14. The van der Waals surface area contributed by atoms with Crippen LogP contribution in [-0.2, 0) is 4.79 Å². The number of rotatable bonds is 1. The molecule has 0 aromatic heterocycles. The van der Waals surface area contributed by atoms with Crippen LogP contribution in [0.25, 0.3) is 0 Å². The van der Waals surface area contributed by atoms with Crippen LogP contribution in [0.5, 0.6) is 0 Å². The molecular weight excluding hydrogens is 164 g/mol. The molecule has 0 heterocycles. The minimum Gasteiger partial charge on any atom is -0.478 e. The molecule has 0 aliphatic heterocycles. The Morgan fingerprint density at radius 3 is 3.08 bits per heavy atom. The molecule has 0 fully saturated rings. The van der Waals surface area contributed by atoms with Crippen molar-refractivity contribution in [3.05, 3.63) is 24.3 Å². The molecule has 2 nitrogen and oxygen atoms in total. The largest absolute Gasteiger partial charge is 0.478 e. The van der Waals surface area contributed by atoms with Gasteiger partial charge >= 0.3 is 5.97 Å². The van der Waals surface area contributed by atoms with E-state index in [4.69, 9.17) is 5.11 Å². The van der Waals surface area contributed by atoms with E-state index in [-0.39, 0.29) is 0 Å². The Balaban J connectivity index is 2.41. The van der Waals surface area contributed by atoms with Crippen LogP contribution in [0.15, 0.2) is 24.3 Å². The van der Waals surface area contributed by atoms with Gasteiger partial charge in [0.05, 0.1) is 0 Å². The molecule has 13 heavy (non-hydrogen) atoms. The highest BCUT2D eigenvalue weighted by Gasteiger charge is 2.02. The van der Waals surface area contributed by atoms with Gasteiger partial charge in [-0.15, -0.1) is 0 Å². The second-order valence-corrected chi connectivity index (χ2v) is 2.93. The van der Waals surface area contributed by atoms with Gasteiger partial charge in [-0.1, -0.05) is 24.0 Å². The van der Waals surface area contributed by atoms with Gasteiger partial charge in [0.1, 0.15) is 0 Å². The number of allylic oxidation sites excluding steroid dienone is 3. The molecular formula is C11H12O2. The van der Waals surface area contributed by atoms with Crippen molar-refractivity contribution in [2.45, 2.75) is 19.3 Å². The van der Waals surface area contributed by atoms with Gasteiger partial charge < -0.3 is 5.11 Å². The third kappa shape index (κ3) is 4.17. The molecule has 0 saturated heterocycles. The Morgan fingerprint density at radius 2 is 2.46 bits per heavy atom. The lowest BCUT2D eigenvalue weighted by molar-refractivity contribution is -0.131. The summed E-state index contributed by atoms with van der Waals surface area (Å²) in [4.78, 5) is 10.1. The maximum Gasteiger partial charge on any atom is 0.328 e. The lowest BCUT2D eigenvalue weighted by Gasteiger charge is -2.08. The summed E-state index contributed by atoms with van der Waals surface area (Å²) in [6.45, 7) is 0. The fourth-order valence-electron chi connectivity index (χ4n) is 1.20. The van der Waals surface area contributed by atoms with Gasteiger partial charge in [0.25, 0.3) is 0 Å². The number of hydrogen-bond acceptors (Lipinski definition) is 1. The molecule has 1 unspecified atom stereocenters. The Labute approximate surface area is 78.0 Å². The molecule has 0 aromatic carbocycles. The highest BCUT2D eigenvalue weighted by molar-refractivity contribution is 5.80. The summed E-state index contributed by atoms with van der Waals surface area (Å²) in [5.41, 5.74) is 0. The Hall–Kier alpha value is -1.49. The summed E-state index contributed by atoms with van der Waals surface area (Å²) in [6.07, 6.45) is 10.1. The first-order valence-corrected chi connectivity index (χ1v) is 4.36. The SMILES string of the molecule is O=C(O)/C=C\C#CC1C=CCCC1. The molecule has 0 spiro atoms. The first kappa shape index (κ1) is 9.60. The number of carboxylic acids is 1. The zero-order valence-electron chi connectivity index (χ0n) is 7.36. The average molecular weight is 176 g/mol. The Morgan fingerprint density at radius 1 is 1.62 bits per heavy atom. The first-order chi connectivity index (χ1) is 6.29. The van der Waals surface area contributed by atoms with E-state index in [1.807, 2.05) is 0 Å². The molecule has 1 rings (SSSR count). The van der Waals surface area contributed by atoms with Crippen LogP contribution in [0.2, 0.25) is 0 Å². The molecule has 68 valence electrons. The lowest BCUT2D eigenvalue weighted by atomic mass is 9.97. The van der Waals surface area contributed by atoms with Crippen molar-refractivity contribution in [3.8, 4) is 11.8 Å². The second kappa shape index (κ2) is 5.21. The molecule has 1 aliphatic carbocycles. The maximum absolute atomic E-state index is 10.1. The van der Waals surface area contributed by atoms with Gasteiger partial charge in [-0.25, -0.2) is 4.79 Å². The molecule has 0 radical (unpaired) electrons. The number of carbonyl (C=O) groups is 1. The summed E-state index contributed by atoms with van der Waals surface area (Å²) in [6, 6.07) is 0. The molecule has 0 saturated carbocycles. The lowest BCUT2D eigenvalue weighted by Crippen LogP contribution is -1.96. The highest BCUT2D eigenvalue weighted by atomic mass is 16.4. The van der Waals surface area contributed by atoms with Crippen LogP contribution in [0.3, 0.4) is 0 Å². The standard InChI is InChI=1S/C11H12O2/c12-11(13)9-5-4-8-10-6-2-1-3-7-10/h2,5-6,9-10H,1,3,7H2,(H,12,13)/b9-5-. The fraction of sp³-hybridized carbons (Fsp3) is 0.364. The molecule has 1 N–H and O–H groups in total. The van der Waals surface area contributed by atoms with Crippen molar-refractivity contribution in [1.82, 2.24) is 0 Å². The molecule has 0 aromatic rings. The van der Waals surface area contributed by atoms with Crippen molar-refractivity contribution in [1.29, 1.82) is 0 Å². The summed E-state index contributed by atoms with van der Waals surface area (Å²) < 4.78 is 0. The van der Waals surface area contributed by atoms with Gasteiger partial charge in [0.2, 0.25) is 0 Å². The predicted molar refractivity (Wildman–Crippen MR) is 51.0 cm³/mol. The molecule has 0 amide bonds. The minimum absolute atomic E-state index is 0.312. The Bertz CT molecular complexity index is 289. The van der Waals surface area contributed by atoms with Crippen molar-refractivity contribution in [3.63, 3.8) is 0 Å². The second-order valence-electron chi connectivity index (χ2n) is 2.93. The van der Waals surface area contributed by atoms with E-state index in [1.54, 1.807) is 0 Å². The summed E-state index contributed by atoms with van der Waals surface area (Å²) in [7, 11) is 0. The van der Waals surface area contributed by atoms with Gasteiger partial charge in [-0.2, -0.15) is 0 Å². The van der Waals surface area contributed by atoms with Crippen LogP contribution in [-0.4, -0.2) is 11.1 Å². The zero-order chi connectivity index (χ0) is 9.52. The van der Waals surface area contributed by atoms with Crippen LogP contribution >= 0.6 is 0 Å². The van der Waals surface area contributed by atoms with Gasteiger partial charge in [0, 0.05) is 12.0 Å². The zero-order valence-corrected chi connectivity index (χ0v) is 7.36. The van der Waals surface area contributed by atoms with E-state index < -0.39 is 5.97 Å². The predicted octanol–water partition coefficient (Wildman–Crippen LogP) is 1.99. The van der Waals surface area contributed by atoms with E-state index in [2.05, 4.69) is 24.0 Å². The molecule has 0 bridgehead atoms. The minimum atomic E-state index is -0.950. The molecule has 1 atom stereocenters. The van der Waals surface area contributed by atoms with E-state index in [0.29, 0.717) is 5.92 Å². The van der Waals surface area contributed by atoms with Gasteiger partial charge in [0.15, 0.2) is 0 Å². The van der Waals surface area contributed by atoms with Gasteiger partial charge in [-0.05, 0) is 25.3 Å². The smallest absolute Gasteiger partial charge is 0.328 e. The summed E-state index contributed by atoms with van der Waals surface area (Å²) >= 11 is 0. The van der Waals surface area contributed by atoms with Gasteiger partial charge in [-0.3, -0.25) is 0 Å². The van der Waals surface area contributed by atoms with Crippen LogP contribution < -0.4 is 0 Å². The quantitative estimate of drug-likeness (QED) is 0.377. The topological polar surface area (TPSA) is 37.3 Å². The van der Waals surface area contributed by atoms with Crippen molar-refractivity contribution >= 4 is 5.97 Å². The number of carboxylic acid groups (broad SMARTS) is 1. The van der Waals surface area contributed by atoms with E-state index >= 15 is 0 Å². The number of hydrogen-bond donors (Lipinski definition) is 1. The summed E-state index contributed by atoms with van der Waals surface area (Å²) in [5, 5.41) is 8.28. The maximum atomic E-state index is 10.1. The van der Waals surface area contributed by atoms with Crippen LogP contribution in [0, 0.1) is 17.8 Å². The van der Waals surface area contributed by atoms with E-state index in [0.717, 1.165) is 18.9 Å². The van der Waals surface area contributed by atoms with Crippen molar-refractivity contribution < 1.29 is 9.90 Å².